The van der Waals surface area contributed by atoms with Crippen LogP contribution in [-0.4, -0.2) is 34.1 Å². The lowest BCUT2D eigenvalue weighted by Gasteiger charge is -2.11. The molecule has 27 heavy (non-hydrogen) atoms. The van der Waals surface area contributed by atoms with E-state index in [-0.39, 0.29) is 17.4 Å². The molecule has 3 atom stereocenters. The van der Waals surface area contributed by atoms with E-state index in [1.807, 2.05) is 17.8 Å². The van der Waals surface area contributed by atoms with Crippen LogP contribution in [0.3, 0.4) is 0 Å². The molecule has 142 valence electrons. The van der Waals surface area contributed by atoms with Gasteiger partial charge in [0.25, 0.3) is 5.91 Å². The van der Waals surface area contributed by atoms with Gasteiger partial charge in [0.15, 0.2) is 5.15 Å². The molecule has 1 fully saturated rings. The molecule has 1 saturated carbocycles. The summed E-state index contributed by atoms with van der Waals surface area (Å²) in [5.41, 5.74) is 2.78. The molecule has 0 bridgehead atoms. The summed E-state index contributed by atoms with van der Waals surface area (Å²) in [6.45, 7) is 2.22. The molecule has 2 N–H and O–H groups in total. The van der Waals surface area contributed by atoms with E-state index in [0.717, 1.165) is 12.0 Å². The van der Waals surface area contributed by atoms with Crippen LogP contribution in [0.4, 0.5) is 0 Å². The molecule has 1 aliphatic rings. The van der Waals surface area contributed by atoms with Crippen molar-refractivity contribution >= 4 is 29.5 Å². The maximum Gasteiger partial charge on any atom is 0.254 e. The monoisotopic (exact) mass is 387 g/mol. The number of carbonyl (C=O) groups excluding carboxylic acids is 2. The minimum Gasteiger partial charge on any atom is -0.357 e. The zero-order valence-electron chi connectivity index (χ0n) is 15.4. The quantitative estimate of drug-likeness (QED) is 0.563. The second-order valence-corrected chi connectivity index (χ2v) is 7.16. The number of nitrogens with zero attached hydrogens (tertiary/aromatic N) is 3. The van der Waals surface area contributed by atoms with Gasteiger partial charge >= 0.3 is 0 Å². The van der Waals surface area contributed by atoms with Crippen molar-refractivity contribution in [3.63, 3.8) is 0 Å². The van der Waals surface area contributed by atoms with Gasteiger partial charge in [0.05, 0.1) is 5.57 Å². The molecule has 2 amide bonds. The first-order valence-corrected chi connectivity index (χ1v) is 9.11. The average Bonchev–Trinajstić information content (AvgIpc) is 3.34. The zero-order valence-corrected chi connectivity index (χ0v) is 16.2. The van der Waals surface area contributed by atoms with E-state index in [1.165, 1.54) is 18.8 Å². The van der Waals surface area contributed by atoms with Crippen molar-refractivity contribution in [3.05, 3.63) is 52.7 Å². The van der Waals surface area contributed by atoms with Gasteiger partial charge in [0.1, 0.15) is 5.69 Å². The van der Waals surface area contributed by atoms with E-state index in [0.29, 0.717) is 29.1 Å². The summed E-state index contributed by atoms with van der Waals surface area (Å²) in [5, 5.41) is 13.3. The molecule has 0 radical (unpaired) electrons. The van der Waals surface area contributed by atoms with Gasteiger partial charge < -0.3 is 15.2 Å². The largest absolute Gasteiger partial charge is 0.357 e. The van der Waals surface area contributed by atoms with Crippen LogP contribution in [0.25, 0.3) is 5.57 Å². The summed E-state index contributed by atoms with van der Waals surface area (Å²) in [5.74, 6) is 0.765. The molecule has 2 aromatic heterocycles. The Morgan fingerprint density at radius 3 is 2.85 bits per heavy atom. The van der Waals surface area contributed by atoms with Crippen LogP contribution in [0, 0.1) is 5.92 Å². The van der Waals surface area contributed by atoms with E-state index in [9.17, 15) is 9.59 Å². The summed E-state index contributed by atoms with van der Waals surface area (Å²) < 4.78 is 2.04. The Bertz CT molecular complexity index is 892. The smallest absolute Gasteiger partial charge is 0.254 e. The highest BCUT2D eigenvalue weighted by atomic mass is 35.5. The predicted molar refractivity (Wildman–Crippen MR) is 103 cm³/mol. The molecular weight excluding hydrogens is 366 g/mol. The fraction of sp³-hybridized carbons (Fsp3) is 0.368. The standard InChI is InChI=1S/C19H22ClN5O2/c1-11(12-4-5-25(3)9-12)13-6-14(13)15-7-17(23-24-18(15)20)16(8-22-10-26)19(27)21-2/h4-5,7-11,13-14H,6H2,1-3H3,(H,21,27)(H,22,26)/b16-8-/t11-,13?,14?/m1/s1. The Balaban J connectivity index is 1.86. The highest BCUT2D eigenvalue weighted by Crippen LogP contribution is 2.56. The van der Waals surface area contributed by atoms with Crippen LogP contribution >= 0.6 is 11.6 Å². The zero-order chi connectivity index (χ0) is 19.6. The lowest BCUT2D eigenvalue weighted by Crippen LogP contribution is -2.22. The van der Waals surface area contributed by atoms with E-state index in [4.69, 9.17) is 11.6 Å². The predicted octanol–water partition coefficient (Wildman–Crippen LogP) is 2.21. The van der Waals surface area contributed by atoms with Crippen molar-refractivity contribution < 1.29 is 9.59 Å². The van der Waals surface area contributed by atoms with E-state index >= 15 is 0 Å². The molecule has 2 aromatic rings. The maximum atomic E-state index is 12.1. The van der Waals surface area contributed by atoms with Crippen LogP contribution in [0.2, 0.25) is 5.15 Å². The highest BCUT2D eigenvalue weighted by Gasteiger charge is 2.44. The van der Waals surface area contributed by atoms with Crippen LogP contribution < -0.4 is 10.6 Å². The van der Waals surface area contributed by atoms with Crippen LogP contribution in [-0.2, 0) is 16.6 Å². The van der Waals surface area contributed by atoms with Gasteiger partial charge in [-0.05, 0) is 47.4 Å². The van der Waals surface area contributed by atoms with E-state index < -0.39 is 0 Å². The summed E-state index contributed by atoms with van der Waals surface area (Å²) in [4.78, 5) is 22.7. The lowest BCUT2D eigenvalue weighted by molar-refractivity contribution is -0.115. The molecule has 0 spiro atoms. The normalized spacial score (nSPS) is 20.1. The number of aryl methyl sites for hydroxylation is 1. The number of hydrogen-bond donors (Lipinski definition) is 2. The summed E-state index contributed by atoms with van der Waals surface area (Å²) in [6.07, 6.45) is 6.99. The number of hydrogen-bond acceptors (Lipinski definition) is 4. The Morgan fingerprint density at radius 2 is 2.22 bits per heavy atom. The SMILES string of the molecule is CNC(=O)/C(=C\NC=O)c1cc(C2CC2[C@H](C)c2ccn(C)c2)c(Cl)nn1. The van der Waals surface area contributed by atoms with Gasteiger partial charge in [-0.15, -0.1) is 10.2 Å². The molecule has 3 rings (SSSR count). The molecule has 2 heterocycles. The average molecular weight is 388 g/mol. The van der Waals surface area contributed by atoms with Crippen molar-refractivity contribution in [3.8, 4) is 0 Å². The Kier molecular flexibility index (Phi) is 5.60. The van der Waals surface area contributed by atoms with Crippen LogP contribution in [0.15, 0.2) is 30.7 Å². The number of rotatable bonds is 7. The molecule has 1 aliphatic carbocycles. The topological polar surface area (TPSA) is 88.9 Å². The summed E-state index contributed by atoms with van der Waals surface area (Å²) >= 11 is 6.30. The second kappa shape index (κ2) is 7.92. The molecular formula is C19H22ClN5O2. The van der Waals surface area contributed by atoms with E-state index in [1.54, 1.807) is 6.07 Å². The van der Waals surface area contributed by atoms with Gasteiger partial charge in [-0.25, -0.2) is 0 Å². The molecule has 0 saturated heterocycles. The fourth-order valence-corrected chi connectivity index (χ4v) is 3.69. The van der Waals surface area contributed by atoms with Gasteiger partial charge in [-0.1, -0.05) is 18.5 Å². The van der Waals surface area contributed by atoms with Crippen molar-refractivity contribution in [2.45, 2.75) is 25.2 Å². The third-order valence-corrected chi connectivity index (χ3v) is 5.38. The summed E-state index contributed by atoms with van der Waals surface area (Å²) in [6, 6.07) is 3.93. The first-order valence-electron chi connectivity index (χ1n) is 8.73. The van der Waals surface area contributed by atoms with Crippen molar-refractivity contribution in [1.29, 1.82) is 0 Å². The third kappa shape index (κ3) is 4.03. The fourth-order valence-electron chi connectivity index (χ4n) is 3.46. The maximum absolute atomic E-state index is 12.1. The summed E-state index contributed by atoms with van der Waals surface area (Å²) in [7, 11) is 3.52. The van der Waals surface area contributed by atoms with Crippen LogP contribution in [0.5, 0.6) is 0 Å². The second-order valence-electron chi connectivity index (χ2n) is 6.80. The minimum absolute atomic E-state index is 0.225. The Morgan fingerprint density at radius 1 is 1.44 bits per heavy atom. The molecule has 0 aromatic carbocycles. The Hall–Kier alpha value is -2.67. The lowest BCUT2D eigenvalue weighted by atomic mass is 9.96. The van der Waals surface area contributed by atoms with Gasteiger partial charge in [-0.3, -0.25) is 9.59 Å². The van der Waals surface area contributed by atoms with Crippen LogP contribution in [0.1, 0.15) is 42.0 Å². The van der Waals surface area contributed by atoms with Gasteiger partial charge in [0, 0.05) is 32.7 Å². The third-order valence-electron chi connectivity index (χ3n) is 5.08. The highest BCUT2D eigenvalue weighted by molar-refractivity contribution is 6.30. The molecule has 8 heteroatoms. The van der Waals surface area contributed by atoms with Gasteiger partial charge in [0.2, 0.25) is 6.41 Å². The number of aromatic nitrogens is 3. The van der Waals surface area contributed by atoms with Crippen molar-refractivity contribution in [2.75, 3.05) is 7.05 Å². The number of nitrogens with one attached hydrogen (secondary N) is 2. The number of likely N-dealkylation sites (N-methyl/N-ethyl adjacent to an activating group) is 1. The van der Waals surface area contributed by atoms with Crippen molar-refractivity contribution in [2.24, 2.45) is 13.0 Å². The first-order chi connectivity index (χ1) is 13.0. The Labute approximate surface area is 162 Å². The number of carbonyl (C=O) groups is 2. The van der Waals surface area contributed by atoms with Gasteiger partial charge in [-0.2, -0.15) is 0 Å². The van der Waals surface area contributed by atoms with E-state index in [2.05, 4.69) is 40.0 Å². The number of amides is 2. The number of halogens is 1. The molecule has 2 unspecified atom stereocenters. The molecule has 0 aliphatic heterocycles. The van der Waals surface area contributed by atoms with Crippen molar-refractivity contribution in [1.82, 2.24) is 25.4 Å². The molecule has 7 nitrogen and oxygen atoms in total. The first kappa shape index (κ1) is 19.1. The minimum atomic E-state index is -0.364.